The molecule has 1 amide bonds. The first kappa shape index (κ1) is 11.2. The van der Waals surface area contributed by atoms with Crippen molar-refractivity contribution < 1.29 is 9.90 Å². The van der Waals surface area contributed by atoms with Crippen LogP contribution in [0.2, 0.25) is 0 Å². The Morgan fingerprint density at radius 3 is 2.79 bits per heavy atom. The summed E-state index contributed by atoms with van der Waals surface area (Å²) >= 11 is 3.28. The molecule has 0 bridgehead atoms. The Kier molecular flexibility index (Phi) is 4.10. The average Bonchev–Trinajstić information content (AvgIpc) is 2.15. The molecule has 0 aliphatic carbocycles. The molecule has 1 rings (SSSR count). The van der Waals surface area contributed by atoms with Gasteiger partial charge in [-0.25, -0.2) is 0 Å². The van der Waals surface area contributed by atoms with Gasteiger partial charge >= 0.3 is 0 Å². The molecule has 0 fully saturated rings. The van der Waals surface area contributed by atoms with Crippen LogP contribution in [-0.2, 0) is 0 Å². The lowest BCUT2D eigenvalue weighted by Gasteiger charge is -2.07. The number of aliphatic hydroxyl groups excluding tert-OH is 1. The molecule has 0 aromatic heterocycles. The van der Waals surface area contributed by atoms with E-state index in [4.69, 9.17) is 5.11 Å². The average molecular weight is 258 g/mol. The number of rotatable bonds is 3. The van der Waals surface area contributed by atoms with E-state index in [0.717, 1.165) is 4.47 Å². The Labute approximate surface area is 91.3 Å². The van der Waals surface area contributed by atoms with Crippen LogP contribution in [0.5, 0.6) is 0 Å². The van der Waals surface area contributed by atoms with Crippen LogP contribution in [-0.4, -0.2) is 23.7 Å². The summed E-state index contributed by atoms with van der Waals surface area (Å²) in [5.41, 5.74) is 0.577. The van der Waals surface area contributed by atoms with Crippen molar-refractivity contribution in [2.24, 2.45) is 0 Å². The van der Waals surface area contributed by atoms with Gasteiger partial charge in [-0.3, -0.25) is 4.79 Å². The number of nitrogens with one attached hydrogen (secondary N) is 1. The number of carbonyl (C=O) groups excluding carboxylic acids is 1. The number of aliphatic hydroxyl groups is 1. The summed E-state index contributed by atoms with van der Waals surface area (Å²) in [6.07, 6.45) is -0.526. The van der Waals surface area contributed by atoms with Crippen LogP contribution in [0.25, 0.3) is 0 Å². The third-order valence-corrected chi connectivity index (χ3v) is 2.37. The maximum Gasteiger partial charge on any atom is 0.252 e. The Morgan fingerprint density at radius 2 is 2.21 bits per heavy atom. The molecular weight excluding hydrogens is 246 g/mol. The van der Waals surface area contributed by atoms with Gasteiger partial charge in [0, 0.05) is 11.0 Å². The van der Waals surface area contributed by atoms with E-state index in [1.807, 2.05) is 6.07 Å². The number of carbonyl (C=O) groups is 1. The van der Waals surface area contributed by atoms with E-state index in [0.29, 0.717) is 5.56 Å². The van der Waals surface area contributed by atoms with Gasteiger partial charge in [-0.05, 0) is 35.0 Å². The molecule has 2 N–H and O–H groups in total. The summed E-state index contributed by atoms with van der Waals surface area (Å²) in [7, 11) is 0. The summed E-state index contributed by atoms with van der Waals surface area (Å²) in [6, 6.07) is 7.16. The Hall–Kier alpha value is -0.870. The van der Waals surface area contributed by atoms with Gasteiger partial charge in [0.05, 0.1) is 11.7 Å². The molecule has 1 aromatic rings. The van der Waals surface area contributed by atoms with Crippen molar-refractivity contribution in [2.45, 2.75) is 13.0 Å². The number of benzene rings is 1. The largest absolute Gasteiger partial charge is 0.392 e. The van der Waals surface area contributed by atoms with Crippen LogP contribution in [0, 0.1) is 0 Å². The van der Waals surface area contributed by atoms with E-state index in [9.17, 15) is 4.79 Å². The minimum Gasteiger partial charge on any atom is -0.392 e. The SMILES string of the molecule is C[C@H](O)CNC(=O)c1ccccc1Br. The standard InChI is InChI=1S/C10H12BrNO2/c1-7(13)6-12-10(14)8-4-2-3-5-9(8)11/h2-5,7,13H,6H2,1H3,(H,12,14)/t7-/m0/s1. The van der Waals surface area contributed by atoms with Crippen LogP contribution in [0.1, 0.15) is 17.3 Å². The van der Waals surface area contributed by atoms with Gasteiger partial charge in [-0.1, -0.05) is 12.1 Å². The second-order valence-electron chi connectivity index (χ2n) is 3.04. The molecule has 0 saturated heterocycles. The van der Waals surface area contributed by atoms with Gasteiger partial charge in [0.2, 0.25) is 0 Å². The van der Waals surface area contributed by atoms with Crippen LogP contribution >= 0.6 is 15.9 Å². The summed E-state index contributed by atoms with van der Waals surface area (Å²) in [6.45, 7) is 1.89. The molecule has 0 aliphatic heterocycles. The lowest BCUT2D eigenvalue weighted by molar-refractivity contribution is 0.0923. The molecule has 3 nitrogen and oxygen atoms in total. The van der Waals surface area contributed by atoms with Gasteiger partial charge in [-0.2, -0.15) is 0 Å². The fourth-order valence-electron chi connectivity index (χ4n) is 0.981. The summed E-state index contributed by atoms with van der Waals surface area (Å²) in [5.74, 6) is -0.182. The first-order valence-corrected chi connectivity index (χ1v) is 5.11. The highest BCUT2D eigenvalue weighted by atomic mass is 79.9. The maximum atomic E-state index is 11.5. The normalized spacial score (nSPS) is 12.2. The molecule has 0 spiro atoms. The molecule has 0 unspecified atom stereocenters. The molecule has 1 aromatic carbocycles. The molecule has 1 atom stereocenters. The molecule has 0 aliphatic rings. The van der Waals surface area contributed by atoms with Crippen molar-refractivity contribution in [3.8, 4) is 0 Å². The minimum absolute atomic E-state index is 0.182. The Bertz CT molecular complexity index is 326. The fourth-order valence-corrected chi connectivity index (χ4v) is 1.45. The molecular formula is C10H12BrNO2. The first-order chi connectivity index (χ1) is 6.61. The predicted molar refractivity (Wildman–Crippen MR) is 58.2 cm³/mol. The second kappa shape index (κ2) is 5.12. The van der Waals surface area contributed by atoms with E-state index in [2.05, 4.69) is 21.2 Å². The van der Waals surface area contributed by atoms with Gasteiger partial charge < -0.3 is 10.4 Å². The highest BCUT2D eigenvalue weighted by molar-refractivity contribution is 9.10. The zero-order valence-electron chi connectivity index (χ0n) is 7.83. The van der Waals surface area contributed by atoms with Crippen LogP contribution in [0.3, 0.4) is 0 Å². The molecule has 0 saturated carbocycles. The molecule has 4 heteroatoms. The van der Waals surface area contributed by atoms with E-state index in [-0.39, 0.29) is 12.5 Å². The zero-order valence-corrected chi connectivity index (χ0v) is 9.41. The quantitative estimate of drug-likeness (QED) is 0.864. The van der Waals surface area contributed by atoms with Crippen LogP contribution in [0.4, 0.5) is 0 Å². The Morgan fingerprint density at radius 1 is 1.57 bits per heavy atom. The zero-order chi connectivity index (χ0) is 10.6. The second-order valence-corrected chi connectivity index (χ2v) is 3.89. The van der Waals surface area contributed by atoms with Crippen molar-refractivity contribution in [1.82, 2.24) is 5.32 Å². The predicted octanol–water partition coefficient (Wildman–Crippen LogP) is 1.56. The monoisotopic (exact) mass is 257 g/mol. The van der Waals surface area contributed by atoms with Gasteiger partial charge in [0.15, 0.2) is 0 Å². The van der Waals surface area contributed by atoms with E-state index in [1.165, 1.54) is 0 Å². The Balaban J connectivity index is 2.65. The van der Waals surface area contributed by atoms with Crippen LogP contribution in [0.15, 0.2) is 28.7 Å². The van der Waals surface area contributed by atoms with Crippen molar-refractivity contribution >= 4 is 21.8 Å². The number of hydrogen-bond acceptors (Lipinski definition) is 2. The fraction of sp³-hybridized carbons (Fsp3) is 0.300. The van der Waals surface area contributed by atoms with E-state index < -0.39 is 6.10 Å². The van der Waals surface area contributed by atoms with Gasteiger partial charge in [0.1, 0.15) is 0 Å². The van der Waals surface area contributed by atoms with Crippen LogP contribution < -0.4 is 5.32 Å². The van der Waals surface area contributed by atoms with Gasteiger partial charge in [-0.15, -0.1) is 0 Å². The highest BCUT2D eigenvalue weighted by Gasteiger charge is 2.08. The maximum absolute atomic E-state index is 11.5. The minimum atomic E-state index is -0.526. The number of amides is 1. The van der Waals surface area contributed by atoms with E-state index in [1.54, 1.807) is 25.1 Å². The van der Waals surface area contributed by atoms with Crippen molar-refractivity contribution in [2.75, 3.05) is 6.54 Å². The lowest BCUT2D eigenvalue weighted by atomic mass is 10.2. The topological polar surface area (TPSA) is 49.3 Å². The third kappa shape index (κ3) is 3.12. The third-order valence-electron chi connectivity index (χ3n) is 1.68. The summed E-state index contributed by atoms with van der Waals surface area (Å²) in [5, 5.41) is 11.6. The van der Waals surface area contributed by atoms with Crippen molar-refractivity contribution in [3.63, 3.8) is 0 Å². The summed E-state index contributed by atoms with van der Waals surface area (Å²) < 4.78 is 0.753. The molecule has 76 valence electrons. The number of halogens is 1. The lowest BCUT2D eigenvalue weighted by Crippen LogP contribution is -2.30. The van der Waals surface area contributed by atoms with Gasteiger partial charge in [0.25, 0.3) is 5.91 Å². The first-order valence-electron chi connectivity index (χ1n) is 4.32. The van der Waals surface area contributed by atoms with Crippen molar-refractivity contribution in [3.05, 3.63) is 34.3 Å². The summed E-state index contributed by atoms with van der Waals surface area (Å²) in [4.78, 5) is 11.5. The molecule has 0 radical (unpaired) electrons. The smallest absolute Gasteiger partial charge is 0.252 e. The van der Waals surface area contributed by atoms with Crippen molar-refractivity contribution in [1.29, 1.82) is 0 Å². The molecule has 14 heavy (non-hydrogen) atoms. The highest BCUT2D eigenvalue weighted by Crippen LogP contribution is 2.15. The molecule has 0 heterocycles. The van der Waals surface area contributed by atoms with E-state index >= 15 is 0 Å². The number of hydrogen-bond donors (Lipinski definition) is 2.